The van der Waals surface area contributed by atoms with Crippen LogP contribution in [0.4, 0.5) is 24.5 Å². The molecular weight excluding hydrogens is 497 g/mol. The van der Waals surface area contributed by atoms with Crippen molar-refractivity contribution in [1.82, 2.24) is 19.7 Å². The number of carbonyl (C=O) groups is 1. The van der Waals surface area contributed by atoms with E-state index in [0.717, 1.165) is 66.6 Å². The summed E-state index contributed by atoms with van der Waals surface area (Å²) in [5.41, 5.74) is 4.03. The maximum atomic E-state index is 13.0. The Labute approximate surface area is 216 Å². The van der Waals surface area contributed by atoms with Crippen molar-refractivity contribution in [3.63, 3.8) is 0 Å². The molecule has 0 bridgehead atoms. The number of rotatable bonds is 5. The van der Waals surface area contributed by atoms with Gasteiger partial charge in [0.15, 0.2) is 0 Å². The molecule has 5 heterocycles. The molecule has 0 aliphatic carbocycles. The van der Waals surface area contributed by atoms with E-state index >= 15 is 0 Å². The van der Waals surface area contributed by atoms with Crippen LogP contribution in [0.1, 0.15) is 21.5 Å². The summed E-state index contributed by atoms with van der Waals surface area (Å²) in [7, 11) is 0. The summed E-state index contributed by atoms with van der Waals surface area (Å²) in [6, 6.07) is 8.08. The number of nitrogens with one attached hydrogen (secondary N) is 1. The first-order valence-corrected chi connectivity index (χ1v) is 12.0. The number of nitrogens with zero attached hydrogens (tertiary/aromatic N) is 5. The Morgan fingerprint density at radius 2 is 1.79 bits per heavy atom. The molecule has 38 heavy (non-hydrogen) atoms. The number of carbonyl (C=O) groups excluding carboxylic acids is 1. The molecule has 1 spiro atoms. The Bertz CT molecular complexity index is 1520. The van der Waals surface area contributed by atoms with Gasteiger partial charge in [-0.25, -0.2) is 4.68 Å². The Morgan fingerprint density at radius 1 is 1.00 bits per heavy atom. The maximum Gasteiger partial charge on any atom is 0.417 e. The van der Waals surface area contributed by atoms with Gasteiger partial charge in [-0.2, -0.15) is 18.3 Å². The topological polar surface area (TPSA) is 85.2 Å². The van der Waals surface area contributed by atoms with E-state index in [1.807, 2.05) is 25.4 Å². The first kappa shape index (κ1) is 24.1. The molecule has 0 radical (unpaired) electrons. The quantitative estimate of drug-likeness (QED) is 0.409. The highest BCUT2D eigenvalue weighted by molar-refractivity contribution is 6.04. The maximum absolute atomic E-state index is 13.0. The van der Waals surface area contributed by atoms with Crippen molar-refractivity contribution in [3.8, 4) is 16.8 Å². The Kier molecular flexibility index (Phi) is 5.68. The molecule has 8 nitrogen and oxygen atoms in total. The lowest BCUT2D eigenvalue weighted by molar-refractivity contribution is -0.137. The highest BCUT2D eigenvalue weighted by Crippen LogP contribution is 2.40. The molecule has 2 aliphatic heterocycles. The Balaban J connectivity index is 1.20. The van der Waals surface area contributed by atoms with Crippen LogP contribution in [-0.2, 0) is 10.9 Å². The number of anilines is 2. The van der Waals surface area contributed by atoms with E-state index in [0.29, 0.717) is 17.3 Å². The number of aryl methyl sites for hydroxylation is 1. The monoisotopic (exact) mass is 520 g/mol. The molecule has 1 amide bonds. The van der Waals surface area contributed by atoms with Crippen LogP contribution in [0.25, 0.3) is 16.8 Å². The van der Waals surface area contributed by atoms with Gasteiger partial charge in [0.25, 0.3) is 5.91 Å². The summed E-state index contributed by atoms with van der Waals surface area (Å²) in [6.45, 7) is 5.47. The second kappa shape index (κ2) is 8.95. The number of hydrogen-bond donors (Lipinski definition) is 1. The van der Waals surface area contributed by atoms with Crippen LogP contribution >= 0.6 is 0 Å². The molecule has 194 valence electrons. The number of amides is 1. The van der Waals surface area contributed by atoms with Crippen molar-refractivity contribution in [2.24, 2.45) is 5.41 Å². The number of pyridine rings is 2. The Hall–Kier alpha value is -4.25. The first-order valence-electron chi connectivity index (χ1n) is 12.0. The second-order valence-corrected chi connectivity index (χ2v) is 9.87. The molecule has 11 heteroatoms. The molecule has 2 saturated heterocycles. The fourth-order valence-corrected chi connectivity index (χ4v) is 4.74. The van der Waals surface area contributed by atoms with Gasteiger partial charge in [-0.3, -0.25) is 14.8 Å². The molecule has 2 aliphatic rings. The smallest absolute Gasteiger partial charge is 0.380 e. The van der Waals surface area contributed by atoms with Crippen molar-refractivity contribution in [1.29, 1.82) is 0 Å². The number of alkyl halides is 3. The van der Waals surface area contributed by atoms with Crippen LogP contribution in [-0.4, -0.2) is 52.0 Å². The zero-order valence-corrected chi connectivity index (χ0v) is 20.4. The summed E-state index contributed by atoms with van der Waals surface area (Å²) in [6.07, 6.45) is 4.47. The third-order valence-electron chi connectivity index (χ3n) is 6.92. The van der Waals surface area contributed by atoms with Gasteiger partial charge in [0.2, 0.25) is 0 Å². The lowest BCUT2D eigenvalue weighted by Crippen LogP contribution is -2.66. The zero-order valence-electron chi connectivity index (χ0n) is 20.4. The molecule has 6 rings (SSSR count). The van der Waals surface area contributed by atoms with Gasteiger partial charge in [-0.1, -0.05) is 6.07 Å². The molecule has 1 aromatic carbocycles. The normalized spacial score (nSPS) is 16.2. The lowest BCUT2D eigenvalue weighted by Gasteiger charge is -2.55. The number of aromatic nitrogens is 4. The van der Waals surface area contributed by atoms with E-state index in [1.165, 1.54) is 0 Å². The average Bonchev–Trinajstić information content (AvgIpc) is 3.33. The number of benzene rings is 1. The van der Waals surface area contributed by atoms with E-state index in [1.54, 1.807) is 29.2 Å². The predicted octanol–water partition coefficient (Wildman–Crippen LogP) is 4.75. The molecule has 3 aromatic heterocycles. The van der Waals surface area contributed by atoms with Crippen molar-refractivity contribution in [2.45, 2.75) is 13.1 Å². The SMILES string of the molecule is Cc1ccc(NC(=O)c2cncc(C(F)(F)F)c2)cc1-n1cc(-c2cncc(N3CC4(COC4)C3)c2)cn1. The van der Waals surface area contributed by atoms with E-state index in [9.17, 15) is 18.0 Å². The largest absolute Gasteiger partial charge is 0.417 e. The van der Waals surface area contributed by atoms with Crippen LogP contribution in [0.15, 0.2) is 67.5 Å². The minimum Gasteiger partial charge on any atom is -0.380 e. The van der Waals surface area contributed by atoms with Crippen LogP contribution in [0.2, 0.25) is 0 Å². The summed E-state index contributed by atoms with van der Waals surface area (Å²) >= 11 is 0. The molecule has 4 aromatic rings. The molecule has 1 N–H and O–H groups in total. The highest BCUT2D eigenvalue weighted by Gasteiger charge is 2.49. The van der Waals surface area contributed by atoms with Gasteiger partial charge < -0.3 is 15.0 Å². The summed E-state index contributed by atoms with van der Waals surface area (Å²) in [5.74, 6) is -0.691. The third-order valence-corrected chi connectivity index (χ3v) is 6.92. The second-order valence-electron chi connectivity index (χ2n) is 9.87. The summed E-state index contributed by atoms with van der Waals surface area (Å²) < 4.78 is 46.1. The molecule has 0 unspecified atom stereocenters. The van der Waals surface area contributed by atoms with E-state index in [-0.39, 0.29) is 5.56 Å². The van der Waals surface area contributed by atoms with Crippen molar-refractivity contribution in [3.05, 3.63) is 84.2 Å². The highest BCUT2D eigenvalue weighted by atomic mass is 19.4. The number of hydrogen-bond acceptors (Lipinski definition) is 6. The van der Waals surface area contributed by atoms with Gasteiger partial charge in [0, 0.05) is 54.7 Å². The number of halogens is 3. The van der Waals surface area contributed by atoms with Gasteiger partial charge >= 0.3 is 6.18 Å². The minimum absolute atomic E-state index is 0.186. The predicted molar refractivity (Wildman–Crippen MR) is 134 cm³/mol. The van der Waals surface area contributed by atoms with Crippen molar-refractivity contribution in [2.75, 3.05) is 36.5 Å². The van der Waals surface area contributed by atoms with E-state index in [2.05, 4.69) is 31.3 Å². The van der Waals surface area contributed by atoms with Crippen LogP contribution in [0.3, 0.4) is 0 Å². The molecule has 0 atom stereocenters. The van der Waals surface area contributed by atoms with Gasteiger partial charge in [0.05, 0.1) is 53.5 Å². The Morgan fingerprint density at radius 3 is 2.53 bits per heavy atom. The zero-order chi connectivity index (χ0) is 26.5. The van der Waals surface area contributed by atoms with Crippen molar-refractivity contribution < 1.29 is 22.7 Å². The summed E-state index contributed by atoms with van der Waals surface area (Å²) in [4.78, 5) is 22.9. The molecule has 0 saturated carbocycles. The molecular formula is C27H23F3N6O2. The minimum atomic E-state index is -4.59. The van der Waals surface area contributed by atoms with Gasteiger partial charge in [-0.05, 0) is 36.8 Å². The lowest BCUT2D eigenvalue weighted by atomic mass is 9.78. The van der Waals surface area contributed by atoms with E-state index in [4.69, 9.17) is 4.74 Å². The number of ether oxygens (including phenoxy) is 1. The van der Waals surface area contributed by atoms with Crippen LogP contribution < -0.4 is 10.2 Å². The van der Waals surface area contributed by atoms with E-state index < -0.39 is 17.6 Å². The van der Waals surface area contributed by atoms with Crippen LogP contribution in [0, 0.1) is 12.3 Å². The van der Waals surface area contributed by atoms with Crippen LogP contribution in [0.5, 0.6) is 0 Å². The molecule has 2 fully saturated rings. The standard InChI is InChI=1S/C27H23F3N6O2/c1-17-2-3-22(34-25(37)19-4-21(10-31-8-19)27(28,29)30)6-24(17)36-12-20(9-33-36)18-5-23(11-32-7-18)35-13-26(14-35)15-38-16-26/h2-12H,13-16H2,1H3,(H,34,37). The first-order chi connectivity index (χ1) is 18.2. The van der Waals surface area contributed by atoms with Gasteiger partial charge in [0.1, 0.15) is 0 Å². The fraction of sp³-hybridized carbons (Fsp3) is 0.259. The van der Waals surface area contributed by atoms with Gasteiger partial charge in [-0.15, -0.1) is 0 Å². The van der Waals surface area contributed by atoms with Crippen molar-refractivity contribution >= 4 is 17.3 Å². The third kappa shape index (κ3) is 4.49. The fourth-order valence-electron chi connectivity index (χ4n) is 4.74. The average molecular weight is 521 g/mol. The summed E-state index contributed by atoms with van der Waals surface area (Å²) in [5, 5.41) is 7.16.